The first-order valence-electron chi connectivity index (χ1n) is 4.12. The summed E-state index contributed by atoms with van der Waals surface area (Å²) in [6.07, 6.45) is 0.750. The van der Waals surface area contributed by atoms with Gasteiger partial charge in [0.25, 0.3) is 0 Å². The number of carbonyl (C=O) groups is 1. The number of nitrogens with one attached hydrogen (secondary N) is 1. The van der Waals surface area contributed by atoms with Crippen molar-refractivity contribution in [1.82, 2.24) is 4.98 Å². The van der Waals surface area contributed by atoms with Crippen LogP contribution < -0.4 is 5.32 Å². The standard InChI is InChI=1S/C8H10BrClN2OS/c1-2-6(9)7(13)12-8-11-5(3-10)4-14-8/h4,6H,2-3H2,1H3,(H,11,12,13). The molecule has 6 heteroatoms. The zero-order chi connectivity index (χ0) is 10.6. The van der Waals surface area contributed by atoms with Crippen LogP contribution in [0.3, 0.4) is 0 Å². The summed E-state index contributed by atoms with van der Waals surface area (Å²) in [5.41, 5.74) is 0.787. The Labute approximate surface area is 100.0 Å². The Morgan fingerprint density at radius 3 is 3.07 bits per heavy atom. The van der Waals surface area contributed by atoms with Crippen molar-refractivity contribution in [2.24, 2.45) is 0 Å². The van der Waals surface area contributed by atoms with Crippen molar-refractivity contribution in [1.29, 1.82) is 0 Å². The van der Waals surface area contributed by atoms with Crippen molar-refractivity contribution in [3.63, 3.8) is 0 Å². The lowest BCUT2D eigenvalue weighted by Crippen LogP contribution is -2.21. The number of carbonyl (C=O) groups excluding carboxylic acids is 1. The highest BCUT2D eigenvalue weighted by Gasteiger charge is 2.13. The molecule has 0 radical (unpaired) electrons. The second-order valence-corrected chi connectivity index (χ2v) is 4.87. The van der Waals surface area contributed by atoms with Crippen LogP contribution in [0.5, 0.6) is 0 Å². The van der Waals surface area contributed by atoms with Gasteiger partial charge in [0, 0.05) is 5.38 Å². The molecule has 0 aromatic carbocycles. The number of alkyl halides is 2. The SMILES string of the molecule is CCC(Br)C(=O)Nc1nc(CCl)cs1. The molecule has 1 amide bonds. The first kappa shape index (κ1) is 11.9. The lowest BCUT2D eigenvalue weighted by Gasteiger charge is -2.04. The Hall–Kier alpha value is -0.130. The predicted octanol–water partition coefficient (Wildman–Crippen LogP) is 2.99. The molecular formula is C8H10BrClN2OS. The van der Waals surface area contributed by atoms with Crippen LogP contribution in [0.15, 0.2) is 5.38 Å². The fourth-order valence-electron chi connectivity index (χ4n) is 0.795. The zero-order valence-electron chi connectivity index (χ0n) is 7.59. The van der Waals surface area contributed by atoms with E-state index in [2.05, 4.69) is 26.2 Å². The summed E-state index contributed by atoms with van der Waals surface area (Å²) in [6.45, 7) is 1.94. The summed E-state index contributed by atoms with van der Waals surface area (Å²) in [6, 6.07) is 0. The molecule has 14 heavy (non-hydrogen) atoms. The van der Waals surface area contributed by atoms with Crippen molar-refractivity contribution in [2.75, 3.05) is 5.32 Å². The molecular weight excluding hydrogens is 288 g/mol. The van der Waals surface area contributed by atoms with E-state index in [1.165, 1.54) is 11.3 Å². The lowest BCUT2D eigenvalue weighted by atomic mass is 10.3. The number of hydrogen-bond acceptors (Lipinski definition) is 3. The number of rotatable bonds is 4. The summed E-state index contributed by atoms with van der Waals surface area (Å²) in [5, 5.41) is 5.14. The van der Waals surface area contributed by atoms with E-state index in [0.29, 0.717) is 11.0 Å². The van der Waals surface area contributed by atoms with Gasteiger partial charge in [0.2, 0.25) is 5.91 Å². The maximum absolute atomic E-state index is 11.4. The van der Waals surface area contributed by atoms with E-state index in [1.54, 1.807) is 0 Å². The van der Waals surface area contributed by atoms with Crippen LogP contribution in [-0.2, 0) is 10.7 Å². The van der Waals surface area contributed by atoms with Crippen molar-refractivity contribution in [2.45, 2.75) is 24.1 Å². The van der Waals surface area contributed by atoms with Gasteiger partial charge in [-0.15, -0.1) is 22.9 Å². The minimum absolute atomic E-state index is 0.0667. The molecule has 0 aliphatic heterocycles. The molecule has 0 saturated heterocycles. The fraction of sp³-hybridized carbons (Fsp3) is 0.500. The number of aromatic nitrogens is 1. The lowest BCUT2D eigenvalue weighted by molar-refractivity contribution is -0.115. The normalized spacial score (nSPS) is 12.5. The Balaban J connectivity index is 2.56. The molecule has 1 atom stereocenters. The van der Waals surface area contributed by atoms with Crippen molar-refractivity contribution < 1.29 is 4.79 Å². The van der Waals surface area contributed by atoms with Crippen LogP contribution in [0.4, 0.5) is 5.13 Å². The monoisotopic (exact) mass is 296 g/mol. The number of nitrogens with zero attached hydrogens (tertiary/aromatic N) is 1. The van der Waals surface area contributed by atoms with E-state index < -0.39 is 0 Å². The number of hydrogen-bond donors (Lipinski definition) is 1. The summed E-state index contributed by atoms with van der Waals surface area (Å²) in [5.74, 6) is 0.306. The maximum atomic E-state index is 11.4. The van der Waals surface area contributed by atoms with Crippen LogP contribution in [0.25, 0.3) is 0 Å². The van der Waals surface area contributed by atoms with E-state index in [-0.39, 0.29) is 10.7 Å². The third kappa shape index (κ3) is 3.22. The molecule has 3 nitrogen and oxygen atoms in total. The average Bonchev–Trinajstić information content (AvgIpc) is 2.64. The summed E-state index contributed by atoms with van der Waals surface area (Å²) < 4.78 is 0. The molecule has 0 aliphatic rings. The highest BCUT2D eigenvalue weighted by molar-refractivity contribution is 9.10. The van der Waals surface area contributed by atoms with Gasteiger partial charge in [-0.25, -0.2) is 4.98 Å². The van der Waals surface area contributed by atoms with Crippen LogP contribution in [0.1, 0.15) is 19.0 Å². The Kier molecular flexibility index (Phi) is 4.84. The number of thiazole rings is 1. The highest BCUT2D eigenvalue weighted by atomic mass is 79.9. The van der Waals surface area contributed by atoms with E-state index >= 15 is 0 Å². The van der Waals surface area contributed by atoms with Gasteiger partial charge in [0.1, 0.15) is 0 Å². The molecule has 1 aromatic rings. The van der Waals surface area contributed by atoms with E-state index in [9.17, 15) is 4.79 Å². The van der Waals surface area contributed by atoms with Gasteiger partial charge in [0.05, 0.1) is 16.4 Å². The summed E-state index contributed by atoms with van der Waals surface area (Å²) >= 11 is 10.2. The van der Waals surface area contributed by atoms with Crippen molar-refractivity contribution in [3.8, 4) is 0 Å². The van der Waals surface area contributed by atoms with Gasteiger partial charge in [-0.05, 0) is 6.42 Å². The second kappa shape index (κ2) is 5.68. The second-order valence-electron chi connectivity index (χ2n) is 2.64. The molecule has 1 heterocycles. The summed E-state index contributed by atoms with van der Waals surface area (Å²) in [4.78, 5) is 15.4. The molecule has 1 aromatic heterocycles. The third-order valence-electron chi connectivity index (χ3n) is 1.56. The van der Waals surface area contributed by atoms with Crippen molar-refractivity contribution >= 4 is 49.9 Å². The van der Waals surface area contributed by atoms with Gasteiger partial charge in [0.15, 0.2) is 5.13 Å². The van der Waals surface area contributed by atoms with Crippen LogP contribution in [-0.4, -0.2) is 15.7 Å². The van der Waals surface area contributed by atoms with Gasteiger partial charge in [-0.3, -0.25) is 4.79 Å². The minimum Gasteiger partial charge on any atom is -0.301 e. The average molecular weight is 298 g/mol. The molecule has 78 valence electrons. The highest BCUT2D eigenvalue weighted by Crippen LogP contribution is 2.18. The van der Waals surface area contributed by atoms with E-state index in [0.717, 1.165) is 12.1 Å². The topological polar surface area (TPSA) is 42.0 Å². The van der Waals surface area contributed by atoms with Gasteiger partial charge in [-0.2, -0.15) is 0 Å². The molecule has 1 N–H and O–H groups in total. The van der Waals surface area contributed by atoms with Crippen LogP contribution in [0.2, 0.25) is 0 Å². The molecule has 1 rings (SSSR count). The first-order chi connectivity index (χ1) is 6.67. The van der Waals surface area contributed by atoms with E-state index in [1.807, 2.05) is 12.3 Å². The molecule has 0 spiro atoms. The number of amides is 1. The van der Waals surface area contributed by atoms with Crippen LogP contribution >= 0.6 is 38.9 Å². The predicted molar refractivity (Wildman–Crippen MR) is 63.3 cm³/mol. The Bertz CT molecular complexity index is 318. The maximum Gasteiger partial charge on any atom is 0.239 e. The van der Waals surface area contributed by atoms with E-state index in [4.69, 9.17) is 11.6 Å². The smallest absolute Gasteiger partial charge is 0.239 e. The molecule has 0 saturated carbocycles. The largest absolute Gasteiger partial charge is 0.301 e. The van der Waals surface area contributed by atoms with Gasteiger partial charge in [-0.1, -0.05) is 22.9 Å². The first-order valence-corrected chi connectivity index (χ1v) is 6.45. The Morgan fingerprint density at radius 2 is 2.57 bits per heavy atom. The van der Waals surface area contributed by atoms with Gasteiger partial charge >= 0.3 is 0 Å². The Morgan fingerprint density at radius 1 is 1.86 bits per heavy atom. The minimum atomic E-state index is -0.161. The fourth-order valence-corrected chi connectivity index (χ4v) is 1.85. The number of anilines is 1. The zero-order valence-corrected chi connectivity index (χ0v) is 10.7. The summed E-state index contributed by atoms with van der Waals surface area (Å²) in [7, 11) is 0. The van der Waals surface area contributed by atoms with Crippen molar-refractivity contribution in [3.05, 3.63) is 11.1 Å². The quantitative estimate of drug-likeness (QED) is 0.868. The van der Waals surface area contributed by atoms with Crippen LogP contribution in [0, 0.1) is 0 Å². The molecule has 1 unspecified atom stereocenters. The third-order valence-corrected chi connectivity index (χ3v) is 3.71. The molecule has 0 fully saturated rings. The molecule has 0 aliphatic carbocycles. The molecule has 0 bridgehead atoms. The van der Waals surface area contributed by atoms with Gasteiger partial charge < -0.3 is 5.32 Å². The number of halogens is 2.